The van der Waals surface area contributed by atoms with E-state index in [1.165, 1.54) is 0 Å². The molecule has 0 saturated heterocycles. The number of allylic oxidation sites excluding steroid dienone is 1. The normalized spacial score (nSPS) is 49.3. The van der Waals surface area contributed by atoms with Gasteiger partial charge in [0.05, 0.1) is 0 Å². The van der Waals surface area contributed by atoms with E-state index in [1.54, 1.807) is 0 Å². The third-order valence-electron chi connectivity index (χ3n) is 4.33. The summed E-state index contributed by atoms with van der Waals surface area (Å²) in [7, 11) is 0. The van der Waals surface area contributed by atoms with Gasteiger partial charge in [0.2, 0.25) is 0 Å². The van der Waals surface area contributed by atoms with Crippen molar-refractivity contribution < 1.29 is 0 Å². The zero-order valence-corrected chi connectivity index (χ0v) is 9.39. The van der Waals surface area contributed by atoms with Gasteiger partial charge in [-0.1, -0.05) is 32.9 Å². The van der Waals surface area contributed by atoms with E-state index in [4.69, 9.17) is 11.5 Å². The molecule has 0 bridgehead atoms. The fraction of sp³-hybridized carbons (Fsp3) is 0.818. The van der Waals surface area contributed by atoms with Gasteiger partial charge in [0.25, 0.3) is 0 Å². The first-order valence-corrected chi connectivity index (χ1v) is 4.90. The van der Waals surface area contributed by atoms with Crippen LogP contribution in [0.15, 0.2) is 12.2 Å². The highest BCUT2D eigenvalue weighted by Crippen LogP contribution is 2.46. The molecule has 76 valence electrons. The summed E-state index contributed by atoms with van der Waals surface area (Å²) in [4.78, 5) is 0. The van der Waals surface area contributed by atoms with E-state index in [0.717, 1.165) is 0 Å². The molecule has 0 spiro atoms. The average molecular weight is 182 g/mol. The smallest absolute Gasteiger partial charge is 0.0496 e. The Bertz CT molecular complexity index is 236. The van der Waals surface area contributed by atoms with E-state index in [-0.39, 0.29) is 11.0 Å². The topological polar surface area (TPSA) is 52.0 Å². The van der Waals surface area contributed by atoms with Crippen LogP contribution >= 0.6 is 0 Å². The summed E-state index contributed by atoms with van der Waals surface area (Å²) in [5.74, 6) is 0.471. The second-order valence-corrected chi connectivity index (χ2v) is 5.35. The van der Waals surface area contributed by atoms with Crippen LogP contribution in [0, 0.1) is 11.3 Å². The predicted molar refractivity (Wildman–Crippen MR) is 57.3 cm³/mol. The van der Waals surface area contributed by atoms with Crippen LogP contribution < -0.4 is 11.5 Å². The molecule has 1 rings (SSSR count). The quantitative estimate of drug-likeness (QED) is 0.560. The minimum absolute atomic E-state index is 0.0330. The standard InChI is InChI=1S/C11H22N2/c1-8-6-7-10(4,12)11(5,13)9(8,2)3/h6-8H,12-13H2,1-5H3. The van der Waals surface area contributed by atoms with Gasteiger partial charge in [0.1, 0.15) is 0 Å². The molecule has 2 nitrogen and oxygen atoms in total. The molecule has 1 aliphatic carbocycles. The Morgan fingerprint density at radius 2 is 1.54 bits per heavy atom. The largest absolute Gasteiger partial charge is 0.323 e. The minimum atomic E-state index is -0.414. The Hall–Kier alpha value is -0.340. The Labute approximate surface area is 81.4 Å². The van der Waals surface area contributed by atoms with E-state index in [1.807, 2.05) is 19.9 Å². The van der Waals surface area contributed by atoms with Gasteiger partial charge in [-0.15, -0.1) is 0 Å². The maximum Gasteiger partial charge on any atom is 0.0496 e. The summed E-state index contributed by atoms with van der Waals surface area (Å²) in [5, 5.41) is 0. The molecule has 0 aromatic heterocycles. The maximum absolute atomic E-state index is 6.35. The van der Waals surface area contributed by atoms with Crippen molar-refractivity contribution in [3.05, 3.63) is 12.2 Å². The van der Waals surface area contributed by atoms with Crippen LogP contribution in [-0.4, -0.2) is 11.1 Å². The van der Waals surface area contributed by atoms with Crippen LogP contribution in [0.2, 0.25) is 0 Å². The van der Waals surface area contributed by atoms with E-state index in [9.17, 15) is 0 Å². The molecule has 2 heteroatoms. The molecule has 4 N–H and O–H groups in total. The van der Waals surface area contributed by atoms with Gasteiger partial charge in [0, 0.05) is 11.1 Å². The molecule has 1 aliphatic rings. The fourth-order valence-electron chi connectivity index (χ4n) is 1.93. The lowest BCUT2D eigenvalue weighted by atomic mass is 9.55. The zero-order chi connectivity index (χ0) is 10.5. The van der Waals surface area contributed by atoms with Gasteiger partial charge < -0.3 is 11.5 Å². The van der Waals surface area contributed by atoms with E-state index in [0.29, 0.717) is 5.92 Å². The molecule has 0 radical (unpaired) electrons. The first kappa shape index (κ1) is 10.7. The molecule has 0 fully saturated rings. The van der Waals surface area contributed by atoms with Gasteiger partial charge in [-0.05, 0) is 25.2 Å². The molecule has 0 heterocycles. The summed E-state index contributed by atoms with van der Waals surface area (Å²) in [6.07, 6.45) is 4.22. The van der Waals surface area contributed by atoms with Gasteiger partial charge in [0.15, 0.2) is 0 Å². The zero-order valence-electron chi connectivity index (χ0n) is 9.39. The Morgan fingerprint density at radius 1 is 1.08 bits per heavy atom. The molecule has 3 unspecified atom stereocenters. The van der Waals surface area contributed by atoms with Crippen LogP contribution in [-0.2, 0) is 0 Å². The number of hydrogen-bond acceptors (Lipinski definition) is 2. The van der Waals surface area contributed by atoms with Crippen molar-refractivity contribution in [2.45, 2.75) is 45.7 Å². The van der Waals surface area contributed by atoms with Crippen LogP contribution in [0.4, 0.5) is 0 Å². The molecule has 0 aromatic carbocycles. The van der Waals surface area contributed by atoms with Crippen molar-refractivity contribution >= 4 is 0 Å². The van der Waals surface area contributed by atoms with Crippen molar-refractivity contribution in [1.82, 2.24) is 0 Å². The molecular formula is C11H22N2. The Morgan fingerprint density at radius 3 is 1.92 bits per heavy atom. The lowest BCUT2D eigenvalue weighted by Gasteiger charge is -2.55. The molecule has 3 atom stereocenters. The first-order valence-electron chi connectivity index (χ1n) is 4.90. The van der Waals surface area contributed by atoms with Gasteiger partial charge >= 0.3 is 0 Å². The highest BCUT2D eigenvalue weighted by molar-refractivity contribution is 5.25. The average Bonchev–Trinajstić information content (AvgIpc) is 1.97. The van der Waals surface area contributed by atoms with Crippen molar-refractivity contribution in [3.63, 3.8) is 0 Å². The second-order valence-electron chi connectivity index (χ2n) is 5.35. The minimum Gasteiger partial charge on any atom is -0.323 e. The van der Waals surface area contributed by atoms with Crippen LogP contribution in [0.3, 0.4) is 0 Å². The van der Waals surface area contributed by atoms with Crippen molar-refractivity contribution in [3.8, 4) is 0 Å². The molecule has 0 aromatic rings. The van der Waals surface area contributed by atoms with E-state index in [2.05, 4.69) is 26.8 Å². The predicted octanol–water partition coefficient (Wildman–Crippen LogP) is 1.65. The number of rotatable bonds is 0. The second kappa shape index (κ2) is 2.58. The van der Waals surface area contributed by atoms with Crippen molar-refractivity contribution in [1.29, 1.82) is 0 Å². The summed E-state index contributed by atoms with van der Waals surface area (Å²) in [5.41, 5.74) is 11.8. The third-order valence-corrected chi connectivity index (χ3v) is 4.33. The Kier molecular flexibility index (Phi) is 2.13. The summed E-state index contributed by atoms with van der Waals surface area (Å²) < 4.78 is 0. The first-order chi connectivity index (χ1) is 5.63. The molecular weight excluding hydrogens is 160 g/mol. The maximum atomic E-state index is 6.35. The van der Waals surface area contributed by atoms with Gasteiger partial charge in [-0.2, -0.15) is 0 Å². The monoisotopic (exact) mass is 182 g/mol. The summed E-state index contributed by atoms with van der Waals surface area (Å²) >= 11 is 0. The van der Waals surface area contributed by atoms with E-state index >= 15 is 0 Å². The highest BCUT2D eigenvalue weighted by Gasteiger charge is 2.52. The molecule has 0 aliphatic heterocycles. The van der Waals surface area contributed by atoms with Gasteiger partial charge in [-0.25, -0.2) is 0 Å². The Balaban J connectivity index is 3.22. The number of nitrogens with two attached hydrogens (primary N) is 2. The van der Waals surface area contributed by atoms with Crippen LogP contribution in [0.5, 0.6) is 0 Å². The third kappa shape index (κ3) is 1.24. The van der Waals surface area contributed by atoms with Crippen molar-refractivity contribution in [2.24, 2.45) is 22.8 Å². The number of hydrogen-bond donors (Lipinski definition) is 2. The molecule has 0 amide bonds. The highest BCUT2D eigenvalue weighted by atomic mass is 14.9. The molecule has 13 heavy (non-hydrogen) atoms. The summed E-state index contributed by atoms with van der Waals surface area (Å²) in [6.45, 7) is 10.6. The van der Waals surface area contributed by atoms with Crippen LogP contribution in [0.1, 0.15) is 34.6 Å². The van der Waals surface area contributed by atoms with Gasteiger partial charge in [-0.3, -0.25) is 0 Å². The van der Waals surface area contributed by atoms with Crippen molar-refractivity contribution in [2.75, 3.05) is 0 Å². The molecule has 0 saturated carbocycles. The lowest BCUT2D eigenvalue weighted by Crippen LogP contribution is -2.71. The lowest BCUT2D eigenvalue weighted by molar-refractivity contribution is 0.0705. The summed E-state index contributed by atoms with van der Waals surface area (Å²) in [6, 6.07) is 0. The fourth-order valence-corrected chi connectivity index (χ4v) is 1.93. The van der Waals surface area contributed by atoms with E-state index < -0.39 is 5.54 Å². The SMILES string of the molecule is CC1C=CC(C)(N)C(C)(N)C1(C)C. The van der Waals surface area contributed by atoms with Crippen LogP contribution in [0.25, 0.3) is 0 Å².